The normalized spacial score (nSPS) is 10.6. The van der Waals surface area contributed by atoms with Gasteiger partial charge < -0.3 is 5.32 Å². The maximum absolute atomic E-state index is 12.2. The minimum absolute atomic E-state index is 0.0670. The molecule has 1 aromatic heterocycles. The summed E-state index contributed by atoms with van der Waals surface area (Å²) in [4.78, 5) is 21.2. The number of hydrogen-bond donors (Lipinski definition) is 1. The van der Waals surface area contributed by atoms with Gasteiger partial charge in [-0.1, -0.05) is 53.7 Å². The molecule has 0 saturated carbocycles. The first-order valence-electron chi connectivity index (χ1n) is 8.41. The average Bonchev–Trinajstić information content (AvgIpc) is 2.60. The van der Waals surface area contributed by atoms with Gasteiger partial charge in [-0.3, -0.25) is 4.79 Å². The molecule has 3 rings (SSSR count). The number of carbonyl (C=O) groups is 1. The zero-order chi connectivity index (χ0) is 18.5. The van der Waals surface area contributed by atoms with E-state index < -0.39 is 0 Å². The van der Waals surface area contributed by atoms with Gasteiger partial charge in [0.25, 0.3) is 0 Å². The Morgan fingerprint density at radius 3 is 2.46 bits per heavy atom. The molecular weight excluding hydrogens is 342 g/mol. The maximum Gasteiger partial charge on any atom is 0.234 e. The first kappa shape index (κ1) is 18.1. The van der Waals surface area contributed by atoms with Crippen LogP contribution in [0.1, 0.15) is 16.8 Å². The Kier molecular flexibility index (Phi) is 5.68. The van der Waals surface area contributed by atoms with Crippen molar-refractivity contribution >= 4 is 23.4 Å². The Balaban J connectivity index is 1.68. The van der Waals surface area contributed by atoms with Crippen LogP contribution in [0.25, 0.3) is 11.3 Å². The summed E-state index contributed by atoms with van der Waals surface area (Å²) >= 11 is 1.34. The maximum atomic E-state index is 12.2. The Morgan fingerprint density at radius 1 is 0.962 bits per heavy atom. The van der Waals surface area contributed by atoms with Crippen molar-refractivity contribution < 1.29 is 4.79 Å². The largest absolute Gasteiger partial charge is 0.325 e. The molecule has 5 heteroatoms. The lowest BCUT2D eigenvalue weighted by molar-refractivity contribution is -0.113. The van der Waals surface area contributed by atoms with Crippen LogP contribution in [0.3, 0.4) is 0 Å². The molecule has 4 nitrogen and oxygen atoms in total. The highest BCUT2D eigenvalue weighted by Gasteiger charge is 2.09. The van der Waals surface area contributed by atoms with Crippen LogP contribution in [0.5, 0.6) is 0 Å². The van der Waals surface area contributed by atoms with Crippen LogP contribution in [-0.2, 0) is 4.79 Å². The van der Waals surface area contributed by atoms with Crippen LogP contribution in [0.15, 0.2) is 59.8 Å². The molecule has 0 radical (unpaired) electrons. The second-order valence-corrected chi connectivity index (χ2v) is 7.19. The monoisotopic (exact) mass is 363 g/mol. The zero-order valence-electron chi connectivity index (χ0n) is 15.1. The molecule has 0 fully saturated rings. The molecule has 0 atom stereocenters. The van der Waals surface area contributed by atoms with Crippen molar-refractivity contribution in [3.05, 3.63) is 71.4 Å². The van der Waals surface area contributed by atoms with Gasteiger partial charge in [0.15, 0.2) is 5.16 Å². The van der Waals surface area contributed by atoms with Crippen molar-refractivity contribution in [2.24, 2.45) is 0 Å². The lowest BCUT2D eigenvalue weighted by Crippen LogP contribution is -2.14. The average molecular weight is 363 g/mol. The summed E-state index contributed by atoms with van der Waals surface area (Å²) < 4.78 is 0. The summed E-state index contributed by atoms with van der Waals surface area (Å²) in [5.41, 5.74) is 5.94. The number of thioether (sulfide) groups is 1. The van der Waals surface area contributed by atoms with E-state index in [9.17, 15) is 4.79 Å². The van der Waals surface area contributed by atoms with Crippen molar-refractivity contribution in [3.63, 3.8) is 0 Å². The number of nitrogens with zero attached hydrogens (tertiary/aromatic N) is 2. The SMILES string of the molecule is Cc1ccc(-c2cc(C)nc(SCC(=O)Nc3cccc(C)c3)n2)cc1. The summed E-state index contributed by atoms with van der Waals surface area (Å²) in [7, 11) is 0. The Hall–Kier alpha value is -2.66. The van der Waals surface area contributed by atoms with E-state index in [-0.39, 0.29) is 11.7 Å². The molecule has 0 bridgehead atoms. The molecule has 0 unspecified atom stereocenters. The number of nitrogens with one attached hydrogen (secondary N) is 1. The van der Waals surface area contributed by atoms with Crippen LogP contribution in [-0.4, -0.2) is 21.6 Å². The van der Waals surface area contributed by atoms with E-state index in [1.165, 1.54) is 17.3 Å². The number of aryl methyl sites for hydroxylation is 3. The van der Waals surface area contributed by atoms with Crippen molar-refractivity contribution in [2.45, 2.75) is 25.9 Å². The summed E-state index contributed by atoms with van der Waals surface area (Å²) in [6.07, 6.45) is 0. The predicted molar refractivity (Wildman–Crippen MR) is 107 cm³/mol. The topological polar surface area (TPSA) is 54.9 Å². The molecule has 0 spiro atoms. The van der Waals surface area contributed by atoms with Crippen molar-refractivity contribution in [3.8, 4) is 11.3 Å². The third-order valence-corrected chi connectivity index (χ3v) is 4.66. The van der Waals surface area contributed by atoms with Crippen LogP contribution >= 0.6 is 11.8 Å². The number of benzene rings is 2. The standard InChI is InChI=1S/C21H21N3OS/c1-14-7-9-17(10-8-14)19-12-16(3)22-21(24-19)26-13-20(25)23-18-6-4-5-15(2)11-18/h4-12H,13H2,1-3H3,(H,23,25). The van der Waals surface area contributed by atoms with Crippen LogP contribution < -0.4 is 5.32 Å². The highest BCUT2D eigenvalue weighted by molar-refractivity contribution is 7.99. The second kappa shape index (κ2) is 8.15. The predicted octanol–water partition coefficient (Wildman–Crippen LogP) is 4.80. The minimum Gasteiger partial charge on any atom is -0.325 e. The lowest BCUT2D eigenvalue weighted by Gasteiger charge is -2.08. The molecule has 1 N–H and O–H groups in total. The quantitative estimate of drug-likeness (QED) is 0.522. The number of hydrogen-bond acceptors (Lipinski definition) is 4. The van der Waals surface area contributed by atoms with Gasteiger partial charge in [-0.25, -0.2) is 9.97 Å². The fourth-order valence-corrected chi connectivity index (χ4v) is 3.23. The Labute approximate surface area is 158 Å². The highest BCUT2D eigenvalue weighted by atomic mass is 32.2. The van der Waals surface area contributed by atoms with Gasteiger partial charge in [-0.05, 0) is 44.5 Å². The van der Waals surface area contributed by atoms with E-state index in [1.54, 1.807) is 0 Å². The molecule has 26 heavy (non-hydrogen) atoms. The summed E-state index contributed by atoms with van der Waals surface area (Å²) in [5, 5.41) is 3.52. The highest BCUT2D eigenvalue weighted by Crippen LogP contribution is 2.22. The van der Waals surface area contributed by atoms with Gasteiger partial charge in [0.05, 0.1) is 11.4 Å². The molecule has 0 aliphatic heterocycles. The number of rotatable bonds is 5. The van der Waals surface area contributed by atoms with Gasteiger partial charge in [0, 0.05) is 16.9 Å². The number of carbonyl (C=O) groups excluding carboxylic acids is 1. The number of anilines is 1. The molecule has 2 aromatic carbocycles. The van der Waals surface area contributed by atoms with Gasteiger partial charge in [-0.15, -0.1) is 0 Å². The van der Waals surface area contributed by atoms with E-state index in [2.05, 4.69) is 46.5 Å². The minimum atomic E-state index is -0.0670. The van der Waals surface area contributed by atoms with E-state index in [0.29, 0.717) is 5.16 Å². The second-order valence-electron chi connectivity index (χ2n) is 6.25. The number of amides is 1. The molecule has 132 valence electrons. The number of aromatic nitrogens is 2. The van der Waals surface area contributed by atoms with E-state index >= 15 is 0 Å². The Morgan fingerprint density at radius 2 is 1.73 bits per heavy atom. The fourth-order valence-electron chi connectivity index (χ4n) is 2.53. The fraction of sp³-hybridized carbons (Fsp3) is 0.190. The van der Waals surface area contributed by atoms with Crippen molar-refractivity contribution in [2.75, 3.05) is 11.1 Å². The van der Waals surface area contributed by atoms with Crippen LogP contribution in [0, 0.1) is 20.8 Å². The van der Waals surface area contributed by atoms with E-state index in [4.69, 9.17) is 0 Å². The van der Waals surface area contributed by atoms with Gasteiger partial charge in [0.2, 0.25) is 5.91 Å². The lowest BCUT2D eigenvalue weighted by atomic mass is 10.1. The first-order valence-corrected chi connectivity index (χ1v) is 9.40. The summed E-state index contributed by atoms with van der Waals surface area (Å²) in [6.45, 7) is 6.00. The molecule has 0 aliphatic carbocycles. The van der Waals surface area contributed by atoms with E-state index in [0.717, 1.165) is 28.2 Å². The van der Waals surface area contributed by atoms with Crippen molar-refractivity contribution in [1.29, 1.82) is 0 Å². The van der Waals surface area contributed by atoms with Crippen molar-refractivity contribution in [1.82, 2.24) is 9.97 Å². The Bertz CT molecular complexity index is 923. The zero-order valence-corrected chi connectivity index (χ0v) is 15.9. The van der Waals surface area contributed by atoms with Crippen LogP contribution in [0.4, 0.5) is 5.69 Å². The summed E-state index contributed by atoms with van der Waals surface area (Å²) in [5.74, 6) is 0.202. The van der Waals surface area contributed by atoms with Gasteiger partial charge >= 0.3 is 0 Å². The molecule has 0 aliphatic rings. The molecular formula is C21H21N3OS. The van der Waals surface area contributed by atoms with Gasteiger partial charge in [-0.2, -0.15) is 0 Å². The molecule has 3 aromatic rings. The van der Waals surface area contributed by atoms with Gasteiger partial charge in [0.1, 0.15) is 0 Å². The first-order chi connectivity index (χ1) is 12.5. The third-order valence-electron chi connectivity index (χ3n) is 3.82. The summed E-state index contributed by atoms with van der Waals surface area (Å²) in [6, 6.07) is 17.9. The molecule has 1 heterocycles. The smallest absolute Gasteiger partial charge is 0.234 e. The van der Waals surface area contributed by atoms with E-state index in [1.807, 2.05) is 44.2 Å². The van der Waals surface area contributed by atoms with Crippen LogP contribution in [0.2, 0.25) is 0 Å². The molecule has 0 saturated heterocycles. The third kappa shape index (κ3) is 4.92. The molecule has 1 amide bonds.